The monoisotopic (exact) mass is 288 g/mol. The molecule has 0 aliphatic rings. The highest BCUT2D eigenvalue weighted by atomic mass is 16.5. The lowest BCUT2D eigenvalue weighted by molar-refractivity contribution is 0.0744. The second-order valence-corrected chi connectivity index (χ2v) is 4.40. The maximum absolute atomic E-state index is 12.3. The van der Waals surface area contributed by atoms with Crippen molar-refractivity contribution in [3.8, 4) is 17.2 Å². The van der Waals surface area contributed by atoms with Gasteiger partial charge in [0, 0.05) is 6.07 Å². The van der Waals surface area contributed by atoms with E-state index in [0.717, 1.165) is 0 Å². The molecule has 0 saturated carbocycles. The van der Waals surface area contributed by atoms with E-state index in [1.54, 1.807) is 30.3 Å². The summed E-state index contributed by atoms with van der Waals surface area (Å²) in [4.78, 5) is 12.3. The number of carbonyl (C=O) groups is 1. The van der Waals surface area contributed by atoms with Gasteiger partial charge in [-0.15, -0.1) is 0 Å². The second-order valence-electron chi connectivity index (χ2n) is 4.40. The van der Waals surface area contributed by atoms with Crippen molar-refractivity contribution in [3.05, 3.63) is 53.6 Å². The lowest BCUT2D eigenvalue weighted by Gasteiger charge is -2.14. The van der Waals surface area contributed by atoms with Gasteiger partial charge in [0.05, 0.1) is 19.8 Å². The molecule has 0 radical (unpaired) electrons. The van der Waals surface area contributed by atoms with Crippen LogP contribution in [0.3, 0.4) is 0 Å². The summed E-state index contributed by atoms with van der Waals surface area (Å²) in [5, 5.41) is 20.1. The third kappa shape index (κ3) is 2.98. The molecule has 0 saturated heterocycles. The Morgan fingerprint density at radius 3 is 2.19 bits per heavy atom. The van der Waals surface area contributed by atoms with Crippen LogP contribution in [0.15, 0.2) is 42.5 Å². The van der Waals surface area contributed by atoms with Crippen LogP contribution in [-0.2, 0) is 0 Å². The number of phenolic OH excluding ortho intramolecular Hbond substituents is 1. The minimum absolute atomic E-state index is 0.0241. The molecule has 5 heteroatoms. The van der Waals surface area contributed by atoms with E-state index in [9.17, 15) is 15.0 Å². The number of hydrogen-bond acceptors (Lipinski definition) is 5. The van der Waals surface area contributed by atoms with Crippen LogP contribution >= 0.6 is 0 Å². The van der Waals surface area contributed by atoms with Crippen molar-refractivity contribution in [1.29, 1.82) is 0 Å². The SMILES string of the molecule is COc1cc(O)c(C(=O)C(O)c2ccccc2)cc1OC. The fourth-order valence-electron chi connectivity index (χ4n) is 2.00. The predicted octanol–water partition coefficient (Wildman–Crippen LogP) is 2.33. The predicted molar refractivity (Wildman–Crippen MR) is 76.9 cm³/mol. The Balaban J connectivity index is 2.39. The standard InChI is InChI=1S/C16H16O5/c1-20-13-8-11(12(17)9-14(13)21-2)16(19)15(18)10-6-4-3-5-7-10/h3-9,15,17-18H,1-2H3. The highest BCUT2D eigenvalue weighted by Crippen LogP contribution is 2.35. The summed E-state index contributed by atoms with van der Waals surface area (Å²) in [5.41, 5.74) is 0.431. The number of methoxy groups -OCH3 is 2. The van der Waals surface area contributed by atoms with Crippen molar-refractivity contribution in [1.82, 2.24) is 0 Å². The van der Waals surface area contributed by atoms with Gasteiger partial charge in [-0.2, -0.15) is 0 Å². The number of aliphatic hydroxyl groups is 1. The number of phenols is 1. The Hall–Kier alpha value is -2.53. The van der Waals surface area contributed by atoms with Crippen LogP contribution in [0.1, 0.15) is 22.0 Å². The third-order valence-electron chi connectivity index (χ3n) is 3.13. The Morgan fingerprint density at radius 1 is 1.05 bits per heavy atom. The molecule has 2 N–H and O–H groups in total. The molecule has 0 spiro atoms. The van der Waals surface area contributed by atoms with E-state index in [-0.39, 0.29) is 11.3 Å². The molecule has 2 rings (SSSR count). The first kappa shape index (κ1) is 14.9. The summed E-state index contributed by atoms with van der Waals surface area (Å²) in [5.74, 6) is -0.271. The molecule has 5 nitrogen and oxygen atoms in total. The summed E-state index contributed by atoms with van der Waals surface area (Å²) >= 11 is 0. The van der Waals surface area contributed by atoms with Gasteiger partial charge in [-0.25, -0.2) is 0 Å². The van der Waals surface area contributed by atoms with Crippen LogP contribution in [0.2, 0.25) is 0 Å². The summed E-state index contributed by atoms with van der Waals surface area (Å²) in [6, 6.07) is 11.1. The van der Waals surface area contributed by atoms with Gasteiger partial charge in [0.25, 0.3) is 0 Å². The van der Waals surface area contributed by atoms with Crippen molar-refractivity contribution in [2.24, 2.45) is 0 Å². The summed E-state index contributed by atoms with van der Waals surface area (Å²) in [6.45, 7) is 0. The zero-order valence-electron chi connectivity index (χ0n) is 11.7. The molecule has 0 amide bonds. The van der Waals surface area contributed by atoms with Crippen LogP contribution in [0, 0.1) is 0 Å². The first-order chi connectivity index (χ1) is 10.1. The molecule has 0 heterocycles. The summed E-state index contributed by atoms with van der Waals surface area (Å²) in [6.07, 6.45) is -1.35. The molecular formula is C16H16O5. The Morgan fingerprint density at radius 2 is 1.62 bits per heavy atom. The lowest BCUT2D eigenvalue weighted by Crippen LogP contribution is -2.12. The normalized spacial score (nSPS) is 11.8. The molecule has 0 bridgehead atoms. The van der Waals surface area contributed by atoms with Crippen LogP contribution in [0.25, 0.3) is 0 Å². The van der Waals surface area contributed by atoms with E-state index in [1.807, 2.05) is 0 Å². The summed E-state index contributed by atoms with van der Waals surface area (Å²) in [7, 11) is 2.86. The summed E-state index contributed by atoms with van der Waals surface area (Å²) < 4.78 is 10.1. The second kappa shape index (κ2) is 6.28. The van der Waals surface area contributed by atoms with Gasteiger partial charge in [-0.05, 0) is 11.6 Å². The van der Waals surface area contributed by atoms with E-state index in [4.69, 9.17) is 9.47 Å². The Bertz CT molecular complexity index is 637. The van der Waals surface area contributed by atoms with Crippen molar-refractivity contribution >= 4 is 5.78 Å². The molecule has 0 fully saturated rings. The number of hydrogen-bond donors (Lipinski definition) is 2. The van der Waals surface area contributed by atoms with Gasteiger partial charge < -0.3 is 19.7 Å². The number of aromatic hydroxyl groups is 1. The van der Waals surface area contributed by atoms with Crippen molar-refractivity contribution in [2.75, 3.05) is 14.2 Å². The first-order valence-electron chi connectivity index (χ1n) is 6.30. The van der Waals surface area contributed by atoms with Gasteiger partial charge in [-0.1, -0.05) is 30.3 Å². The van der Waals surface area contributed by atoms with Crippen molar-refractivity contribution < 1.29 is 24.5 Å². The number of ketones is 1. The maximum atomic E-state index is 12.3. The molecule has 0 aliphatic heterocycles. The van der Waals surface area contributed by atoms with Crippen molar-refractivity contribution in [2.45, 2.75) is 6.10 Å². The van der Waals surface area contributed by atoms with E-state index in [1.165, 1.54) is 26.4 Å². The van der Waals surface area contributed by atoms with Gasteiger partial charge in [0.15, 0.2) is 17.3 Å². The molecule has 110 valence electrons. The maximum Gasteiger partial charge on any atom is 0.199 e. The highest BCUT2D eigenvalue weighted by Gasteiger charge is 2.24. The lowest BCUT2D eigenvalue weighted by atomic mass is 9.99. The van der Waals surface area contributed by atoms with E-state index >= 15 is 0 Å². The number of aliphatic hydroxyl groups excluding tert-OH is 1. The van der Waals surface area contributed by atoms with Crippen LogP contribution in [0.4, 0.5) is 0 Å². The number of benzene rings is 2. The Labute approximate surface area is 122 Å². The van der Waals surface area contributed by atoms with E-state index in [2.05, 4.69) is 0 Å². The average Bonchev–Trinajstić information content (AvgIpc) is 2.54. The van der Waals surface area contributed by atoms with Crippen LogP contribution in [-0.4, -0.2) is 30.2 Å². The first-order valence-corrected chi connectivity index (χ1v) is 6.30. The zero-order chi connectivity index (χ0) is 15.4. The van der Waals surface area contributed by atoms with Gasteiger partial charge >= 0.3 is 0 Å². The molecule has 1 atom stereocenters. The fourth-order valence-corrected chi connectivity index (χ4v) is 2.00. The number of Topliss-reactive ketones (excluding diaryl/α,β-unsaturated/α-hetero) is 1. The smallest absolute Gasteiger partial charge is 0.199 e. The average molecular weight is 288 g/mol. The van der Waals surface area contributed by atoms with Crippen LogP contribution in [0.5, 0.6) is 17.2 Å². The Kier molecular flexibility index (Phi) is 4.45. The third-order valence-corrected chi connectivity index (χ3v) is 3.13. The highest BCUT2D eigenvalue weighted by molar-refractivity contribution is 6.02. The number of carbonyl (C=O) groups excluding carboxylic acids is 1. The molecule has 1 unspecified atom stereocenters. The number of ether oxygens (including phenoxy) is 2. The topological polar surface area (TPSA) is 76.0 Å². The largest absolute Gasteiger partial charge is 0.507 e. The van der Waals surface area contributed by atoms with Crippen LogP contribution < -0.4 is 9.47 Å². The molecule has 0 aromatic heterocycles. The fraction of sp³-hybridized carbons (Fsp3) is 0.188. The molecule has 2 aromatic carbocycles. The van der Waals surface area contributed by atoms with Gasteiger partial charge in [0.2, 0.25) is 0 Å². The quantitative estimate of drug-likeness (QED) is 0.826. The molecule has 21 heavy (non-hydrogen) atoms. The van der Waals surface area contributed by atoms with E-state index in [0.29, 0.717) is 17.1 Å². The zero-order valence-corrected chi connectivity index (χ0v) is 11.7. The van der Waals surface area contributed by atoms with Crippen molar-refractivity contribution in [3.63, 3.8) is 0 Å². The van der Waals surface area contributed by atoms with E-state index < -0.39 is 11.9 Å². The van der Waals surface area contributed by atoms with Gasteiger partial charge in [-0.3, -0.25) is 4.79 Å². The van der Waals surface area contributed by atoms with Gasteiger partial charge in [0.1, 0.15) is 11.9 Å². The molecule has 2 aromatic rings. The minimum Gasteiger partial charge on any atom is -0.507 e. The molecule has 0 aliphatic carbocycles. The minimum atomic E-state index is -1.35. The molecular weight excluding hydrogens is 272 g/mol. The number of rotatable bonds is 5.